The molecule has 98 valence electrons. The minimum Gasteiger partial charge on any atom is -0.465 e. The molecule has 2 aliphatic rings. The fraction of sp³-hybridized carbons (Fsp3) is 0.933. The van der Waals surface area contributed by atoms with Crippen molar-refractivity contribution in [2.24, 2.45) is 29.1 Å². The third-order valence-corrected chi connectivity index (χ3v) is 5.38. The van der Waals surface area contributed by atoms with Gasteiger partial charge in [0, 0.05) is 0 Å². The van der Waals surface area contributed by atoms with Crippen molar-refractivity contribution in [1.29, 1.82) is 0 Å². The SMILES string of the molecule is CCC(C)(C)C(=O)OCC1C2CCC(C2)C1C. The van der Waals surface area contributed by atoms with Gasteiger partial charge in [-0.3, -0.25) is 4.79 Å². The van der Waals surface area contributed by atoms with E-state index in [1.54, 1.807) is 0 Å². The fourth-order valence-electron chi connectivity index (χ4n) is 3.50. The minimum absolute atomic E-state index is 0.0185. The predicted molar refractivity (Wildman–Crippen MR) is 68.5 cm³/mol. The summed E-state index contributed by atoms with van der Waals surface area (Å²) in [5, 5.41) is 0. The molecule has 0 aromatic carbocycles. The molecule has 2 bridgehead atoms. The Labute approximate surface area is 105 Å². The van der Waals surface area contributed by atoms with Gasteiger partial charge in [0.15, 0.2) is 0 Å². The molecule has 2 aliphatic carbocycles. The smallest absolute Gasteiger partial charge is 0.311 e. The van der Waals surface area contributed by atoms with Gasteiger partial charge in [-0.2, -0.15) is 0 Å². The lowest BCUT2D eigenvalue weighted by atomic mass is 9.81. The maximum Gasteiger partial charge on any atom is 0.311 e. The average Bonchev–Trinajstić information content (AvgIpc) is 2.87. The van der Waals surface area contributed by atoms with Gasteiger partial charge in [-0.1, -0.05) is 13.8 Å². The van der Waals surface area contributed by atoms with E-state index in [1.165, 1.54) is 19.3 Å². The van der Waals surface area contributed by atoms with Crippen molar-refractivity contribution in [2.75, 3.05) is 6.61 Å². The summed E-state index contributed by atoms with van der Waals surface area (Å²) in [5.41, 5.74) is -0.319. The Balaban J connectivity index is 1.85. The van der Waals surface area contributed by atoms with Gasteiger partial charge in [0.2, 0.25) is 0 Å². The first-order chi connectivity index (χ1) is 7.95. The van der Waals surface area contributed by atoms with Crippen LogP contribution in [0.25, 0.3) is 0 Å². The molecule has 2 saturated carbocycles. The number of hydrogen-bond acceptors (Lipinski definition) is 2. The zero-order valence-electron chi connectivity index (χ0n) is 11.7. The molecule has 0 heterocycles. The van der Waals surface area contributed by atoms with Gasteiger partial charge in [-0.25, -0.2) is 0 Å². The van der Waals surface area contributed by atoms with E-state index >= 15 is 0 Å². The molecule has 0 N–H and O–H groups in total. The summed E-state index contributed by atoms with van der Waals surface area (Å²) in [6, 6.07) is 0. The van der Waals surface area contributed by atoms with Gasteiger partial charge < -0.3 is 4.74 Å². The normalized spacial score (nSPS) is 36.2. The third-order valence-electron chi connectivity index (χ3n) is 5.38. The van der Waals surface area contributed by atoms with E-state index in [-0.39, 0.29) is 11.4 Å². The second kappa shape index (κ2) is 4.62. The summed E-state index contributed by atoms with van der Waals surface area (Å²) in [4.78, 5) is 11.9. The Morgan fingerprint density at radius 3 is 2.47 bits per heavy atom. The van der Waals surface area contributed by atoms with Crippen molar-refractivity contribution in [2.45, 2.75) is 53.4 Å². The van der Waals surface area contributed by atoms with Crippen LogP contribution < -0.4 is 0 Å². The highest BCUT2D eigenvalue weighted by molar-refractivity contribution is 5.75. The van der Waals surface area contributed by atoms with Gasteiger partial charge >= 0.3 is 5.97 Å². The molecule has 2 fully saturated rings. The highest BCUT2D eigenvalue weighted by Crippen LogP contribution is 2.52. The van der Waals surface area contributed by atoms with E-state index in [0.29, 0.717) is 12.5 Å². The molecule has 4 atom stereocenters. The van der Waals surface area contributed by atoms with Crippen LogP contribution in [0.4, 0.5) is 0 Å². The lowest BCUT2D eigenvalue weighted by molar-refractivity contribution is -0.156. The van der Waals surface area contributed by atoms with Crippen LogP contribution in [0, 0.1) is 29.1 Å². The van der Waals surface area contributed by atoms with E-state index < -0.39 is 0 Å². The maximum atomic E-state index is 11.9. The number of esters is 1. The molecule has 17 heavy (non-hydrogen) atoms. The summed E-state index contributed by atoms with van der Waals surface area (Å²) in [5.74, 6) is 3.10. The quantitative estimate of drug-likeness (QED) is 0.699. The molecule has 4 unspecified atom stereocenters. The minimum atomic E-state index is -0.319. The Bertz CT molecular complexity index is 293. The summed E-state index contributed by atoms with van der Waals surface area (Å²) < 4.78 is 5.57. The molecule has 0 aromatic rings. The molecule has 2 heteroatoms. The zero-order valence-corrected chi connectivity index (χ0v) is 11.7. The van der Waals surface area contributed by atoms with Gasteiger partial charge in [-0.15, -0.1) is 0 Å². The van der Waals surface area contributed by atoms with E-state index in [9.17, 15) is 4.79 Å². The van der Waals surface area contributed by atoms with Gasteiger partial charge in [-0.05, 0) is 63.2 Å². The van der Waals surface area contributed by atoms with Crippen molar-refractivity contribution >= 4 is 5.97 Å². The molecular weight excluding hydrogens is 212 g/mol. The van der Waals surface area contributed by atoms with Crippen molar-refractivity contribution in [1.82, 2.24) is 0 Å². The highest BCUT2D eigenvalue weighted by atomic mass is 16.5. The van der Waals surface area contributed by atoms with Crippen molar-refractivity contribution in [3.63, 3.8) is 0 Å². The van der Waals surface area contributed by atoms with Crippen LogP contribution in [0.5, 0.6) is 0 Å². The summed E-state index contributed by atoms with van der Waals surface area (Å²) >= 11 is 0. The molecule has 0 saturated heterocycles. The van der Waals surface area contributed by atoms with Crippen molar-refractivity contribution in [3.05, 3.63) is 0 Å². The number of carbonyl (C=O) groups excluding carboxylic acids is 1. The van der Waals surface area contributed by atoms with Crippen LogP contribution in [-0.2, 0) is 9.53 Å². The van der Waals surface area contributed by atoms with E-state index in [0.717, 1.165) is 24.2 Å². The van der Waals surface area contributed by atoms with Crippen LogP contribution in [0.1, 0.15) is 53.4 Å². The number of rotatable bonds is 4. The molecule has 0 radical (unpaired) electrons. The highest BCUT2D eigenvalue weighted by Gasteiger charge is 2.45. The van der Waals surface area contributed by atoms with E-state index in [4.69, 9.17) is 4.74 Å². The Kier molecular flexibility index (Phi) is 3.51. The monoisotopic (exact) mass is 238 g/mol. The molecule has 2 rings (SSSR count). The number of hydrogen-bond donors (Lipinski definition) is 0. The molecule has 0 aliphatic heterocycles. The fourth-order valence-corrected chi connectivity index (χ4v) is 3.50. The lowest BCUT2D eigenvalue weighted by Gasteiger charge is -2.29. The van der Waals surface area contributed by atoms with Crippen molar-refractivity contribution in [3.8, 4) is 0 Å². The third kappa shape index (κ3) is 2.36. The van der Waals surface area contributed by atoms with Crippen LogP contribution in [0.2, 0.25) is 0 Å². The molecular formula is C15H26O2. The Hall–Kier alpha value is -0.530. The average molecular weight is 238 g/mol. The molecule has 0 aromatic heterocycles. The van der Waals surface area contributed by atoms with E-state index in [2.05, 4.69) is 6.92 Å². The van der Waals surface area contributed by atoms with Crippen LogP contribution in [0.15, 0.2) is 0 Å². The van der Waals surface area contributed by atoms with E-state index in [1.807, 2.05) is 20.8 Å². The Morgan fingerprint density at radius 2 is 1.94 bits per heavy atom. The number of fused-ring (bicyclic) bond motifs is 2. The maximum absolute atomic E-state index is 11.9. The second-order valence-corrected chi connectivity index (χ2v) is 6.69. The zero-order chi connectivity index (χ0) is 12.6. The first-order valence-corrected chi connectivity index (χ1v) is 7.13. The summed E-state index contributed by atoms with van der Waals surface area (Å²) in [6.07, 6.45) is 4.98. The van der Waals surface area contributed by atoms with Crippen LogP contribution in [0.3, 0.4) is 0 Å². The molecule has 2 nitrogen and oxygen atoms in total. The van der Waals surface area contributed by atoms with Crippen LogP contribution >= 0.6 is 0 Å². The topological polar surface area (TPSA) is 26.3 Å². The first-order valence-electron chi connectivity index (χ1n) is 7.13. The van der Waals surface area contributed by atoms with Gasteiger partial charge in [0.05, 0.1) is 12.0 Å². The second-order valence-electron chi connectivity index (χ2n) is 6.69. The number of ether oxygens (including phenoxy) is 1. The van der Waals surface area contributed by atoms with Gasteiger partial charge in [0.1, 0.15) is 0 Å². The summed E-state index contributed by atoms with van der Waals surface area (Å²) in [6.45, 7) is 8.98. The predicted octanol–water partition coefficient (Wildman–Crippen LogP) is 3.65. The van der Waals surface area contributed by atoms with Crippen LogP contribution in [-0.4, -0.2) is 12.6 Å². The lowest BCUT2D eigenvalue weighted by Crippen LogP contribution is -2.31. The molecule has 0 spiro atoms. The number of carbonyl (C=O) groups is 1. The first kappa shape index (κ1) is 12.9. The standard InChI is InChI=1S/C15H26O2/c1-5-15(3,4)14(16)17-9-13-10(2)11-6-7-12(13)8-11/h10-13H,5-9H2,1-4H3. The largest absolute Gasteiger partial charge is 0.465 e. The van der Waals surface area contributed by atoms with Crippen molar-refractivity contribution < 1.29 is 9.53 Å². The summed E-state index contributed by atoms with van der Waals surface area (Å²) in [7, 11) is 0. The molecule has 0 amide bonds. The Morgan fingerprint density at radius 1 is 1.29 bits per heavy atom. The van der Waals surface area contributed by atoms with Gasteiger partial charge in [0.25, 0.3) is 0 Å².